The lowest BCUT2D eigenvalue weighted by Gasteiger charge is -1.99. The third kappa shape index (κ3) is 8.50. The maximum atomic E-state index is 10.7. The van der Waals surface area contributed by atoms with E-state index in [0.29, 0.717) is 5.75 Å². The Labute approximate surface area is 132 Å². The van der Waals surface area contributed by atoms with Gasteiger partial charge in [0.05, 0.1) is 0 Å². The highest BCUT2D eigenvalue weighted by Crippen LogP contribution is 2.20. The second-order valence-electron chi connectivity index (χ2n) is 4.48. The molecule has 0 aromatic heterocycles. The molecule has 1 fully saturated rings. The first kappa shape index (κ1) is 21.1. The Morgan fingerprint density at radius 1 is 1.09 bits per heavy atom. The quantitative estimate of drug-likeness (QED) is 0.542. The standard InChI is InChI=1S/C8H10O.C4H8S.CHF3O3S/c1-6-4-3-5-7(2)8(6)9;1-2-4-5-3-1;2-1(3,4)8(5,6)7/h3-5,9H,1-2H3;1-4H2;(H,5,6,7). The minimum Gasteiger partial charge on any atom is -0.507 e. The molecule has 0 radical (unpaired) electrons. The third-order valence-corrected chi connectivity index (χ3v) is 4.30. The highest BCUT2D eigenvalue weighted by molar-refractivity contribution is 7.99. The van der Waals surface area contributed by atoms with E-state index in [1.807, 2.05) is 32.0 Å². The van der Waals surface area contributed by atoms with Crippen LogP contribution in [0.3, 0.4) is 0 Å². The molecule has 0 saturated carbocycles. The zero-order valence-electron chi connectivity index (χ0n) is 12.2. The molecule has 0 unspecified atom stereocenters. The Kier molecular flexibility index (Phi) is 8.87. The summed E-state index contributed by atoms with van der Waals surface area (Å²) >= 11 is 2.07. The van der Waals surface area contributed by atoms with Gasteiger partial charge in [-0.15, -0.1) is 0 Å². The number of hydrogen-bond donors (Lipinski definition) is 2. The minimum atomic E-state index is -5.84. The molecule has 0 aliphatic carbocycles. The molecule has 1 aliphatic rings. The van der Waals surface area contributed by atoms with Gasteiger partial charge in [-0.05, 0) is 49.3 Å². The van der Waals surface area contributed by atoms with E-state index in [1.54, 1.807) is 0 Å². The van der Waals surface area contributed by atoms with Crippen LogP contribution >= 0.6 is 11.8 Å². The lowest BCUT2D eigenvalue weighted by molar-refractivity contribution is -0.0510. The van der Waals surface area contributed by atoms with Crippen molar-refractivity contribution in [3.63, 3.8) is 0 Å². The smallest absolute Gasteiger partial charge is 0.507 e. The molecule has 1 heterocycles. The number of aryl methyl sites for hydroxylation is 2. The van der Waals surface area contributed by atoms with Gasteiger partial charge in [-0.1, -0.05) is 18.2 Å². The fraction of sp³-hybridized carbons (Fsp3) is 0.538. The van der Waals surface area contributed by atoms with Gasteiger partial charge in [0, 0.05) is 0 Å². The van der Waals surface area contributed by atoms with Crippen molar-refractivity contribution >= 4 is 21.9 Å². The van der Waals surface area contributed by atoms with Crippen molar-refractivity contribution in [1.29, 1.82) is 0 Å². The van der Waals surface area contributed by atoms with Crippen LogP contribution < -0.4 is 0 Å². The number of thioether (sulfide) groups is 1. The van der Waals surface area contributed by atoms with Gasteiger partial charge >= 0.3 is 15.6 Å². The molecule has 2 rings (SSSR count). The number of benzene rings is 1. The van der Waals surface area contributed by atoms with E-state index >= 15 is 0 Å². The summed E-state index contributed by atoms with van der Waals surface area (Å²) in [4.78, 5) is 0. The number of phenolic OH excluding ortho intramolecular Hbond substituents is 1. The average Bonchev–Trinajstić information content (AvgIpc) is 2.93. The van der Waals surface area contributed by atoms with Crippen LogP contribution in [0.2, 0.25) is 0 Å². The fourth-order valence-corrected chi connectivity index (χ4v) is 2.34. The van der Waals surface area contributed by atoms with Gasteiger partial charge in [0.2, 0.25) is 0 Å². The van der Waals surface area contributed by atoms with Crippen LogP contribution in [0.25, 0.3) is 0 Å². The van der Waals surface area contributed by atoms with E-state index in [2.05, 4.69) is 11.8 Å². The zero-order valence-corrected chi connectivity index (χ0v) is 13.9. The molecule has 9 heteroatoms. The molecule has 0 spiro atoms. The SMILES string of the molecule is C1CCSC1.Cc1cccc(C)c1O.O=S(=O)(O)C(F)(F)F. The summed E-state index contributed by atoms with van der Waals surface area (Å²) in [5.74, 6) is 3.25. The van der Waals surface area contributed by atoms with E-state index in [9.17, 15) is 18.3 Å². The number of halogens is 3. The van der Waals surface area contributed by atoms with Crippen molar-refractivity contribution < 1.29 is 31.2 Å². The molecule has 0 atom stereocenters. The van der Waals surface area contributed by atoms with Gasteiger partial charge < -0.3 is 5.11 Å². The largest absolute Gasteiger partial charge is 0.522 e. The van der Waals surface area contributed by atoms with Crippen molar-refractivity contribution in [3.8, 4) is 5.75 Å². The van der Waals surface area contributed by atoms with Gasteiger partial charge in [-0.3, -0.25) is 4.55 Å². The minimum absolute atomic E-state index is 0.414. The Balaban J connectivity index is 0.000000312. The number of phenols is 1. The summed E-state index contributed by atoms with van der Waals surface area (Å²) < 4.78 is 57.5. The van der Waals surface area contributed by atoms with Crippen LogP contribution in [0.4, 0.5) is 13.2 Å². The molecule has 1 aliphatic heterocycles. The number of rotatable bonds is 0. The number of para-hydroxylation sites is 1. The maximum absolute atomic E-state index is 10.7. The highest BCUT2D eigenvalue weighted by Gasteiger charge is 2.44. The van der Waals surface area contributed by atoms with Gasteiger partial charge in [-0.2, -0.15) is 33.4 Å². The van der Waals surface area contributed by atoms with Gasteiger partial charge in [0.1, 0.15) is 5.75 Å². The van der Waals surface area contributed by atoms with Crippen molar-refractivity contribution in [1.82, 2.24) is 0 Å². The zero-order chi connectivity index (χ0) is 17.4. The van der Waals surface area contributed by atoms with Gasteiger partial charge in [0.25, 0.3) is 0 Å². The molecule has 0 bridgehead atoms. The van der Waals surface area contributed by atoms with E-state index in [0.717, 1.165) is 11.1 Å². The molecule has 4 nitrogen and oxygen atoms in total. The Bertz CT molecular complexity index is 525. The van der Waals surface area contributed by atoms with E-state index < -0.39 is 15.6 Å². The van der Waals surface area contributed by atoms with Crippen LogP contribution in [-0.4, -0.2) is 35.1 Å². The van der Waals surface area contributed by atoms with E-state index in [1.165, 1.54) is 24.3 Å². The van der Waals surface area contributed by atoms with Crippen molar-refractivity contribution in [2.45, 2.75) is 32.2 Å². The summed E-state index contributed by atoms with van der Waals surface area (Å²) in [7, 11) is -5.84. The predicted molar refractivity (Wildman–Crippen MR) is 81.7 cm³/mol. The van der Waals surface area contributed by atoms with Crippen LogP contribution in [0, 0.1) is 13.8 Å². The van der Waals surface area contributed by atoms with Crippen LogP contribution in [0.5, 0.6) is 5.75 Å². The van der Waals surface area contributed by atoms with Crippen LogP contribution in [0.15, 0.2) is 18.2 Å². The van der Waals surface area contributed by atoms with Gasteiger partial charge in [-0.25, -0.2) is 0 Å². The Morgan fingerprint density at radius 3 is 1.64 bits per heavy atom. The summed E-state index contributed by atoms with van der Waals surface area (Å²) in [6.45, 7) is 3.78. The lowest BCUT2D eigenvalue weighted by Crippen LogP contribution is -2.21. The molecule has 1 aromatic rings. The lowest BCUT2D eigenvalue weighted by atomic mass is 10.1. The molecule has 2 N–H and O–H groups in total. The first-order valence-corrected chi connectivity index (χ1v) is 8.93. The second-order valence-corrected chi connectivity index (χ2v) is 7.12. The molecule has 1 saturated heterocycles. The monoisotopic (exact) mass is 360 g/mol. The molecule has 128 valence electrons. The summed E-state index contributed by atoms with van der Waals surface area (Å²) in [6, 6.07) is 5.72. The summed E-state index contributed by atoms with van der Waals surface area (Å²) in [5, 5.41) is 9.21. The van der Waals surface area contributed by atoms with E-state index in [4.69, 9.17) is 13.0 Å². The normalized spacial score (nSPS) is 14.5. The Morgan fingerprint density at radius 2 is 1.45 bits per heavy atom. The molecule has 22 heavy (non-hydrogen) atoms. The molecular weight excluding hydrogens is 341 g/mol. The predicted octanol–water partition coefficient (Wildman–Crippen LogP) is 3.92. The average molecular weight is 360 g/mol. The van der Waals surface area contributed by atoms with Gasteiger partial charge in [0.15, 0.2) is 0 Å². The topological polar surface area (TPSA) is 74.6 Å². The molecular formula is C13H19F3O4S2. The first-order valence-electron chi connectivity index (χ1n) is 6.33. The van der Waals surface area contributed by atoms with Crippen molar-refractivity contribution in [3.05, 3.63) is 29.3 Å². The summed E-state index contributed by atoms with van der Waals surface area (Å²) in [6.07, 6.45) is 2.93. The Hall–Kier alpha value is -0.930. The molecule has 1 aromatic carbocycles. The summed E-state index contributed by atoms with van der Waals surface area (Å²) in [5.41, 5.74) is -3.66. The number of alkyl halides is 3. The molecule has 0 amide bonds. The number of aromatic hydroxyl groups is 1. The van der Waals surface area contributed by atoms with Crippen LogP contribution in [0.1, 0.15) is 24.0 Å². The second kappa shape index (κ2) is 9.26. The maximum Gasteiger partial charge on any atom is 0.522 e. The first-order chi connectivity index (χ1) is 9.97. The van der Waals surface area contributed by atoms with Crippen molar-refractivity contribution in [2.75, 3.05) is 11.5 Å². The highest BCUT2D eigenvalue weighted by atomic mass is 32.2. The van der Waals surface area contributed by atoms with Crippen molar-refractivity contribution in [2.24, 2.45) is 0 Å². The van der Waals surface area contributed by atoms with E-state index in [-0.39, 0.29) is 0 Å². The number of hydrogen-bond acceptors (Lipinski definition) is 4. The fourth-order valence-electron chi connectivity index (χ4n) is 1.32. The van der Waals surface area contributed by atoms with Crippen LogP contribution in [-0.2, 0) is 10.1 Å². The third-order valence-electron chi connectivity index (χ3n) is 2.56.